The average molecular weight is 286 g/mol. The fourth-order valence-electron chi connectivity index (χ4n) is 1.57. The molecule has 0 aliphatic carbocycles. The first kappa shape index (κ1) is 14.4. The van der Waals surface area contributed by atoms with Crippen LogP contribution < -0.4 is 16.8 Å². The molecule has 21 heavy (non-hydrogen) atoms. The molecule has 0 bridgehead atoms. The number of hydrogen-bond acceptors (Lipinski definition) is 2. The van der Waals surface area contributed by atoms with Gasteiger partial charge in [0.2, 0.25) is 11.9 Å². The number of aromatic nitrogens is 1. The third-order valence-electron chi connectivity index (χ3n) is 2.50. The minimum atomic E-state index is -0.423. The highest BCUT2D eigenvalue weighted by atomic mass is 19.1. The number of pyridine rings is 1. The van der Waals surface area contributed by atoms with E-state index in [1.54, 1.807) is 43.5 Å². The van der Waals surface area contributed by atoms with Crippen LogP contribution in [-0.2, 0) is 0 Å². The zero-order valence-electron chi connectivity index (χ0n) is 11.4. The van der Waals surface area contributed by atoms with Crippen LogP contribution in [-0.4, -0.2) is 16.9 Å². The van der Waals surface area contributed by atoms with E-state index in [-0.39, 0.29) is 17.6 Å². The first-order valence-electron chi connectivity index (χ1n) is 6.17. The Morgan fingerprint density at radius 1 is 1.24 bits per heavy atom. The Hall–Kier alpha value is -2.96. The van der Waals surface area contributed by atoms with Gasteiger partial charge in [0.15, 0.2) is 5.82 Å². The number of nitrogens with zero attached hydrogens (tertiary/aromatic N) is 3. The van der Waals surface area contributed by atoms with Crippen LogP contribution in [0.3, 0.4) is 0 Å². The Balaban J connectivity index is 2.12. The molecule has 0 radical (unpaired) electrons. The van der Waals surface area contributed by atoms with Crippen molar-refractivity contribution in [3.05, 3.63) is 54.0 Å². The van der Waals surface area contributed by atoms with Gasteiger partial charge in [0.05, 0.1) is 5.69 Å². The topological polar surface area (TPSA) is 102 Å². The standard InChI is InChI=1S/C14H15FN6/c1-9-5-6-11(10(15)8-9)19-13(16)21-14(17)20-12-4-2-3-7-18-12/h2-8H,1H3,(H5,16,17,18,19,20,21). The Bertz CT molecular complexity index is 681. The van der Waals surface area contributed by atoms with Crippen LogP contribution >= 0.6 is 0 Å². The van der Waals surface area contributed by atoms with Crippen LogP contribution in [0.2, 0.25) is 0 Å². The number of halogens is 1. The molecule has 2 aromatic rings. The van der Waals surface area contributed by atoms with Gasteiger partial charge in [-0.3, -0.25) is 0 Å². The van der Waals surface area contributed by atoms with Crippen molar-refractivity contribution in [3.63, 3.8) is 0 Å². The van der Waals surface area contributed by atoms with Crippen molar-refractivity contribution in [2.45, 2.75) is 6.92 Å². The number of nitrogens with one attached hydrogen (secondary N) is 1. The Morgan fingerprint density at radius 3 is 2.71 bits per heavy atom. The van der Waals surface area contributed by atoms with Crippen molar-refractivity contribution in [1.82, 2.24) is 4.98 Å². The molecule has 0 atom stereocenters. The molecule has 2 rings (SSSR count). The van der Waals surface area contributed by atoms with E-state index < -0.39 is 5.82 Å². The van der Waals surface area contributed by atoms with Gasteiger partial charge in [-0.2, -0.15) is 9.98 Å². The molecule has 1 heterocycles. The first-order valence-corrected chi connectivity index (χ1v) is 6.17. The second-order valence-corrected chi connectivity index (χ2v) is 4.26. The molecule has 0 fully saturated rings. The summed E-state index contributed by atoms with van der Waals surface area (Å²) >= 11 is 0. The molecule has 0 unspecified atom stereocenters. The summed E-state index contributed by atoms with van der Waals surface area (Å²) in [7, 11) is 0. The number of nitrogens with two attached hydrogens (primary N) is 2. The van der Waals surface area contributed by atoms with E-state index in [1.165, 1.54) is 6.07 Å². The second kappa shape index (κ2) is 6.47. The first-order chi connectivity index (χ1) is 10.0. The minimum Gasteiger partial charge on any atom is -0.369 e. The molecule has 0 amide bonds. The van der Waals surface area contributed by atoms with E-state index in [0.29, 0.717) is 5.82 Å². The van der Waals surface area contributed by atoms with Gasteiger partial charge in [-0.25, -0.2) is 9.37 Å². The lowest BCUT2D eigenvalue weighted by atomic mass is 10.2. The van der Waals surface area contributed by atoms with Gasteiger partial charge in [-0.05, 0) is 36.8 Å². The number of guanidine groups is 2. The van der Waals surface area contributed by atoms with Crippen molar-refractivity contribution in [2.75, 3.05) is 5.32 Å². The van der Waals surface area contributed by atoms with Crippen molar-refractivity contribution in [3.8, 4) is 0 Å². The van der Waals surface area contributed by atoms with E-state index in [4.69, 9.17) is 11.5 Å². The van der Waals surface area contributed by atoms with Gasteiger partial charge in [-0.15, -0.1) is 0 Å². The minimum absolute atomic E-state index is 0.0602. The maximum Gasteiger partial charge on any atom is 0.225 e. The molecule has 7 heteroatoms. The molecular formula is C14H15FN6. The van der Waals surface area contributed by atoms with Crippen LogP contribution in [0.4, 0.5) is 15.9 Å². The van der Waals surface area contributed by atoms with Crippen LogP contribution in [0.5, 0.6) is 0 Å². The zero-order chi connectivity index (χ0) is 15.2. The molecule has 0 aliphatic rings. The number of hydrogen-bond donors (Lipinski definition) is 3. The molecule has 0 spiro atoms. The van der Waals surface area contributed by atoms with Crippen molar-refractivity contribution >= 4 is 23.4 Å². The number of aliphatic imine (C=N–C) groups is 2. The molecular weight excluding hydrogens is 271 g/mol. The number of anilines is 1. The van der Waals surface area contributed by atoms with E-state index in [0.717, 1.165) is 5.56 Å². The predicted octanol–water partition coefficient (Wildman–Crippen LogP) is 1.90. The van der Waals surface area contributed by atoms with Gasteiger partial charge in [0.25, 0.3) is 0 Å². The molecule has 0 aliphatic heterocycles. The lowest BCUT2D eigenvalue weighted by Gasteiger charge is -2.07. The molecule has 1 aromatic carbocycles. The maximum atomic E-state index is 13.7. The van der Waals surface area contributed by atoms with E-state index in [2.05, 4.69) is 20.3 Å². The quantitative estimate of drug-likeness (QED) is 0.579. The summed E-state index contributed by atoms with van der Waals surface area (Å²) in [6.07, 6.45) is 1.58. The number of aryl methyl sites for hydroxylation is 1. The summed E-state index contributed by atoms with van der Waals surface area (Å²) in [5, 5.41) is 2.63. The lowest BCUT2D eigenvalue weighted by molar-refractivity contribution is 0.631. The van der Waals surface area contributed by atoms with Crippen molar-refractivity contribution in [1.29, 1.82) is 0 Å². The van der Waals surface area contributed by atoms with Crippen LogP contribution in [0.25, 0.3) is 0 Å². The highest BCUT2D eigenvalue weighted by Gasteiger charge is 2.03. The van der Waals surface area contributed by atoms with E-state index >= 15 is 0 Å². The molecule has 6 nitrogen and oxygen atoms in total. The van der Waals surface area contributed by atoms with Gasteiger partial charge in [0, 0.05) is 6.20 Å². The van der Waals surface area contributed by atoms with Gasteiger partial charge < -0.3 is 16.8 Å². The fourth-order valence-corrected chi connectivity index (χ4v) is 1.57. The molecule has 0 saturated carbocycles. The van der Waals surface area contributed by atoms with Crippen LogP contribution in [0.15, 0.2) is 52.6 Å². The third-order valence-corrected chi connectivity index (χ3v) is 2.50. The summed E-state index contributed by atoms with van der Waals surface area (Å²) < 4.78 is 13.7. The monoisotopic (exact) mass is 286 g/mol. The van der Waals surface area contributed by atoms with Gasteiger partial charge >= 0.3 is 0 Å². The largest absolute Gasteiger partial charge is 0.369 e. The Kier molecular flexibility index (Phi) is 4.45. The summed E-state index contributed by atoms with van der Waals surface area (Å²) in [6, 6.07) is 9.91. The van der Waals surface area contributed by atoms with Crippen molar-refractivity contribution < 1.29 is 4.39 Å². The van der Waals surface area contributed by atoms with Crippen LogP contribution in [0.1, 0.15) is 5.56 Å². The third kappa shape index (κ3) is 4.27. The zero-order valence-corrected chi connectivity index (χ0v) is 11.4. The van der Waals surface area contributed by atoms with Gasteiger partial charge in [0.1, 0.15) is 5.82 Å². The highest BCUT2D eigenvalue weighted by Crippen LogP contribution is 2.14. The molecule has 108 valence electrons. The summed E-state index contributed by atoms with van der Waals surface area (Å²) in [5.41, 5.74) is 12.3. The lowest BCUT2D eigenvalue weighted by Crippen LogP contribution is -2.26. The molecule has 5 N–H and O–H groups in total. The number of benzene rings is 1. The summed E-state index contributed by atoms with van der Waals surface area (Å²) in [5.74, 6) is -0.150. The Labute approximate surface area is 121 Å². The normalized spacial score (nSPS) is 12.3. The van der Waals surface area contributed by atoms with E-state index in [1.807, 2.05) is 0 Å². The number of rotatable bonds is 2. The van der Waals surface area contributed by atoms with Gasteiger partial charge in [-0.1, -0.05) is 12.1 Å². The maximum absolute atomic E-state index is 13.7. The SMILES string of the molecule is Cc1ccc(NC(N)=NC(N)=Nc2ccccn2)c(F)c1. The fraction of sp³-hybridized carbons (Fsp3) is 0.0714. The highest BCUT2D eigenvalue weighted by molar-refractivity contribution is 6.01. The summed E-state index contributed by atoms with van der Waals surface area (Å²) in [4.78, 5) is 11.8. The Morgan fingerprint density at radius 2 is 2.05 bits per heavy atom. The van der Waals surface area contributed by atoms with E-state index in [9.17, 15) is 4.39 Å². The summed E-state index contributed by atoms with van der Waals surface area (Å²) in [6.45, 7) is 1.79. The van der Waals surface area contributed by atoms with Crippen LogP contribution in [0, 0.1) is 12.7 Å². The average Bonchev–Trinajstić information content (AvgIpc) is 2.43. The van der Waals surface area contributed by atoms with Crippen molar-refractivity contribution in [2.24, 2.45) is 21.5 Å². The molecule has 0 saturated heterocycles. The predicted molar refractivity (Wildman–Crippen MR) is 81.9 cm³/mol. The smallest absolute Gasteiger partial charge is 0.225 e. The second-order valence-electron chi connectivity index (χ2n) is 4.26. The molecule has 1 aromatic heterocycles.